The van der Waals surface area contributed by atoms with E-state index in [1.165, 1.54) is 12.1 Å². The zero-order chi connectivity index (χ0) is 17.3. The molecule has 5 nitrogen and oxygen atoms in total. The number of amides is 1. The topological polar surface area (TPSA) is 72.5 Å². The van der Waals surface area contributed by atoms with E-state index in [9.17, 15) is 13.2 Å². The van der Waals surface area contributed by atoms with E-state index in [0.717, 1.165) is 24.0 Å². The summed E-state index contributed by atoms with van der Waals surface area (Å²) >= 11 is 0. The van der Waals surface area contributed by atoms with Gasteiger partial charge in [-0.25, -0.2) is 8.42 Å². The van der Waals surface area contributed by atoms with Gasteiger partial charge in [0, 0.05) is 17.9 Å². The monoisotopic (exact) mass is 345 g/mol. The molecule has 1 N–H and O–H groups in total. The van der Waals surface area contributed by atoms with Crippen LogP contribution in [-0.2, 0) is 14.6 Å². The second-order valence-corrected chi connectivity index (χ2v) is 8.03. The van der Waals surface area contributed by atoms with Gasteiger partial charge in [-0.05, 0) is 54.3 Å². The fourth-order valence-electron chi connectivity index (χ4n) is 2.75. The van der Waals surface area contributed by atoms with Gasteiger partial charge in [0.05, 0.1) is 12.0 Å². The predicted octanol–water partition coefficient (Wildman–Crippen LogP) is 2.84. The number of carbonyl (C=O) groups excluding carboxylic acids is 1. The Morgan fingerprint density at radius 3 is 2.50 bits per heavy atom. The quantitative estimate of drug-likeness (QED) is 0.904. The van der Waals surface area contributed by atoms with E-state index in [0.29, 0.717) is 5.69 Å². The molecule has 2 aromatic carbocycles. The lowest BCUT2D eigenvalue weighted by Gasteiger charge is -2.07. The van der Waals surface area contributed by atoms with Crippen molar-refractivity contribution in [2.45, 2.75) is 17.2 Å². The summed E-state index contributed by atoms with van der Waals surface area (Å²) in [6.07, 6.45) is 1.96. The molecule has 2 aromatic rings. The van der Waals surface area contributed by atoms with E-state index in [1.807, 2.05) is 24.3 Å². The molecule has 1 fully saturated rings. The fourth-order valence-corrected chi connectivity index (χ4v) is 3.38. The second-order valence-electron chi connectivity index (χ2n) is 6.01. The molecule has 1 aliphatic rings. The summed E-state index contributed by atoms with van der Waals surface area (Å²) in [7, 11) is -1.61. The molecule has 1 amide bonds. The van der Waals surface area contributed by atoms with E-state index in [2.05, 4.69) is 5.32 Å². The Bertz CT molecular complexity index is 859. The van der Waals surface area contributed by atoms with E-state index in [1.54, 1.807) is 19.2 Å². The van der Waals surface area contributed by atoms with Crippen LogP contribution < -0.4 is 10.1 Å². The van der Waals surface area contributed by atoms with Crippen molar-refractivity contribution in [3.63, 3.8) is 0 Å². The van der Waals surface area contributed by atoms with Gasteiger partial charge in [0.2, 0.25) is 5.91 Å². The SMILES string of the molecule is COc1cccc([C@H]2C[C@H]2C(=O)Nc2ccc(S(C)(=O)=O)cc2)c1. The van der Waals surface area contributed by atoms with Gasteiger partial charge in [-0.1, -0.05) is 12.1 Å². The number of ether oxygens (including phenoxy) is 1. The van der Waals surface area contributed by atoms with Crippen molar-refractivity contribution in [1.29, 1.82) is 0 Å². The van der Waals surface area contributed by atoms with Crippen molar-refractivity contribution in [3.05, 3.63) is 54.1 Å². The third kappa shape index (κ3) is 3.59. The zero-order valence-electron chi connectivity index (χ0n) is 13.5. The lowest BCUT2D eigenvalue weighted by Crippen LogP contribution is -2.14. The van der Waals surface area contributed by atoms with Crippen molar-refractivity contribution < 1.29 is 17.9 Å². The molecule has 2 atom stereocenters. The molecular weight excluding hydrogens is 326 g/mol. The molecule has 0 radical (unpaired) electrons. The van der Waals surface area contributed by atoms with Gasteiger partial charge >= 0.3 is 0 Å². The molecule has 0 spiro atoms. The lowest BCUT2D eigenvalue weighted by atomic mass is 10.1. The maximum absolute atomic E-state index is 12.3. The summed E-state index contributed by atoms with van der Waals surface area (Å²) in [6.45, 7) is 0. The Morgan fingerprint density at radius 2 is 1.88 bits per heavy atom. The van der Waals surface area contributed by atoms with Crippen molar-refractivity contribution in [2.24, 2.45) is 5.92 Å². The number of anilines is 1. The van der Waals surface area contributed by atoms with Crippen LogP contribution in [0.4, 0.5) is 5.69 Å². The zero-order valence-corrected chi connectivity index (χ0v) is 14.3. The van der Waals surface area contributed by atoms with Gasteiger partial charge in [0.25, 0.3) is 0 Å². The molecular formula is C18H19NO4S. The third-order valence-electron chi connectivity index (χ3n) is 4.20. The number of methoxy groups -OCH3 is 1. The molecule has 0 unspecified atom stereocenters. The number of hydrogen-bond acceptors (Lipinski definition) is 4. The minimum atomic E-state index is -3.23. The molecule has 0 saturated heterocycles. The largest absolute Gasteiger partial charge is 0.497 e. The van der Waals surface area contributed by atoms with Gasteiger partial charge in [0.15, 0.2) is 9.84 Å². The van der Waals surface area contributed by atoms with Gasteiger partial charge in [0.1, 0.15) is 5.75 Å². The number of benzene rings is 2. The first-order chi connectivity index (χ1) is 11.4. The van der Waals surface area contributed by atoms with Crippen molar-refractivity contribution in [1.82, 2.24) is 0 Å². The van der Waals surface area contributed by atoms with E-state index in [-0.39, 0.29) is 22.6 Å². The number of hydrogen-bond donors (Lipinski definition) is 1. The number of carbonyl (C=O) groups is 1. The van der Waals surface area contributed by atoms with E-state index < -0.39 is 9.84 Å². The normalized spacial score (nSPS) is 19.6. The predicted molar refractivity (Wildman–Crippen MR) is 92.0 cm³/mol. The average Bonchev–Trinajstić information content (AvgIpc) is 3.35. The van der Waals surface area contributed by atoms with Gasteiger partial charge < -0.3 is 10.1 Å². The maximum Gasteiger partial charge on any atom is 0.228 e. The van der Waals surface area contributed by atoms with Gasteiger partial charge in [-0.3, -0.25) is 4.79 Å². The standard InChI is InChI=1S/C18H19NO4S/c1-23-14-5-3-4-12(10-14)16-11-17(16)18(20)19-13-6-8-15(9-7-13)24(2,21)22/h3-10,16-17H,11H2,1-2H3,(H,19,20)/t16-,17-/m1/s1. The highest BCUT2D eigenvalue weighted by Gasteiger charge is 2.44. The summed E-state index contributed by atoms with van der Waals surface area (Å²) in [5, 5.41) is 2.85. The molecule has 0 aliphatic heterocycles. The van der Waals surface area contributed by atoms with Crippen LogP contribution in [0.5, 0.6) is 5.75 Å². The van der Waals surface area contributed by atoms with E-state index in [4.69, 9.17) is 4.74 Å². The van der Waals surface area contributed by atoms with Crippen LogP contribution in [0.2, 0.25) is 0 Å². The van der Waals surface area contributed by atoms with Crippen LogP contribution in [0.3, 0.4) is 0 Å². The van der Waals surface area contributed by atoms with E-state index >= 15 is 0 Å². The fraction of sp³-hybridized carbons (Fsp3) is 0.278. The van der Waals surface area contributed by atoms with Crippen LogP contribution >= 0.6 is 0 Å². The first-order valence-corrected chi connectivity index (χ1v) is 9.52. The molecule has 126 valence electrons. The summed E-state index contributed by atoms with van der Waals surface area (Å²) in [4.78, 5) is 12.6. The van der Waals surface area contributed by atoms with Crippen LogP contribution in [0.1, 0.15) is 17.9 Å². The maximum atomic E-state index is 12.3. The molecule has 0 bridgehead atoms. The molecule has 3 rings (SSSR count). The number of nitrogens with one attached hydrogen (secondary N) is 1. The number of rotatable bonds is 5. The van der Waals surface area contributed by atoms with Crippen LogP contribution in [0, 0.1) is 5.92 Å². The first-order valence-electron chi connectivity index (χ1n) is 7.63. The Morgan fingerprint density at radius 1 is 1.17 bits per heavy atom. The van der Waals surface area contributed by atoms with Gasteiger partial charge in [-0.2, -0.15) is 0 Å². The summed E-state index contributed by atoms with van der Waals surface area (Å²) < 4.78 is 28.1. The molecule has 0 heterocycles. The Labute approximate surface area is 141 Å². The molecule has 1 saturated carbocycles. The highest BCUT2D eigenvalue weighted by atomic mass is 32.2. The first kappa shape index (κ1) is 16.5. The summed E-state index contributed by atoms with van der Waals surface area (Å²) in [5.74, 6) is 0.881. The van der Waals surface area contributed by atoms with Crippen LogP contribution in [0.25, 0.3) is 0 Å². The van der Waals surface area contributed by atoms with Crippen LogP contribution in [-0.4, -0.2) is 27.7 Å². The highest BCUT2D eigenvalue weighted by molar-refractivity contribution is 7.90. The summed E-state index contributed by atoms with van der Waals surface area (Å²) in [6, 6.07) is 14.0. The van der Waals surface area contributed by atoms with Crippen molar-refractivity contribution in [2.75, 3.05) is 18.7 Å². The third-order valence-corrected chi connectivity index (χ3v) is 5.33. The Balaban J connectivity index is 1.64. The van der Waals surface area contributed by atoms with Gasteiger partial charge in [-0.15, -0.1) is 0 Å². The minimum absolute atomic E-state index is 0.0464. The van der Waals surface area contributed by atoms with Crippen molar-refractivity contribution >= 4 is 21.4 Å². The van der Waals surface area contributed by atoms with Crippen LogP contribution in [0.15, 0.2) is 53.4 Å². The molecule has 1 aliphatic carbocycles. The Kier molecular flexibility index (Phi) is 4.32. The highest BCUT2D eigenvalue weighted by Crippen LogP contribution is 2.48. The minimum Gasteiger partial charge on any atom is -0.497 e. The number of sulfone groups is 1. The second kappa shape index (κ2) is 6.28. The summed E-state index contributed by atoms with van der Waals surface area (Å²) in [5.41, 5.74) is 1.70. The average molecular weight is 345 g/mol. The van der Waals surface area contributed by atoms with Crippen molar-refractivity contribution in [3.8, 4) is 5.75 Å². The molecule has 0 aromatic heterocycles. The lowest BCUT2D eigenvalue weighted by molar-refractivity contribution is -0.117. The molecule has 24 heavy (non-hydrogen) atoms. The smallest absolute Gasteiger partial charge is 0.228 e. The Hall–Kier alpha value is -2.34. The molecule has 6 heteroatoms.